The van der Waals surface area contributed by atoms with Gasteiger partial charge in [-0.2, -0.15) is 0 Å². The van der Waals surface area contributed by atoms with Crippen LogP contribution in [0.1, 0.15) is 41.4 Å². The first kappa shape index (κ1) is 29.5. The average molecular weight is 558 g/mol. The number of aromatic carboxylic acids is 1. The Labute approximate surface area is 239 Å². The fourth-order valence-electron chi connectivity index (χ4n) is 3.86. The zero-order chi connectivity index (χ0) is 27.0. The van der Waals surface area contributed by atoms with Crippen LogP contribution in [-0.2, 0) is 16.6 Å². The number of pyridine rings is 1. The monoisotopic (exact) mass is 557 g/mol. The van der Waals surface area contributed by atoms with E-state index in [1.54, 1.807) is 28.8 Å². The van der Waals surface area contributed by atoms with Crippen LogP contribution in [0.15, 0.2) is 77.8 Å². The number of imidazole rings is 1. The van der Waals surface area contributed by atoms with Crippen molar-refractivity contribution in [3.8, 4) is 5.75 Å². The minimum atomic E-state index is -4.86. The number of hydrogen-bond donors (Lipinski definition) is 1. The normalized spacial score (nSPS) is 11.8. The van der Waals surface area contributed by atoms with Crippen LogP contribution >= 0.6 is 0 Å². The molecule has 38 heavy (non-hydrogen) atoms. The summed E-state index contributed by atoms with van der Waals surface area (Å²) >= 11 is 0. The first-order valence-electron chi connectivity index (χ1n) is 11.0. The Balaban J connectivity index is 0.00000400. The predicted octanol–water partition coefficient (Wildman–Crippen LogP) is 4.80. The summed E-state index contributed by atoms with van der Waals surface area (Å²) in [6.45, 7) is 3.52. The van der Waals surface area contributed by atoms with Crippen molar-refractivity contribution in [2.45, 2.75) is 37.6 Å². The van der Waals surface area contributed by atoms with Crippen LogP contribution in [-0.4, -0.2) is 64.8 Å². The molecule has 0 aliphatic heterocycles. The van der Waals surface area contributed by atoms with Gasteiger partial charge < -0.3 is 14.2 Å². The van der Waals surface area contributed by atoms with Gasteiger partial charge in [-0.15, -0.1) is 13.2 Å². The summed E-state index contributed by atoms with van der Waals surface area (Å²) in [6.07, 6.45) is -3.10. The van der Waals surface area contributed by atoms with Crippen LogP contribution in [0, 0.1) is 0 Å². The summed E-state index contributed by atoms with van der Waals surface area (Å²) in [7, 11) is -4.28. The van der Waals surface area contributed by atoms with Gasteiger partial charge in [0, 0.05) is 6.20 Å². The molecule has 0 spiro atoms. The fraction of sp³-hybridized carbons (Fsp3) is 0.200. The molecular weight excluding hydrogens is 534 g/mol. The number of benzene rings is 2. The van der Waals surface area contributed by atoms with E-state index in [1.807, 2.05) is 13.8 Å². The van der Waals surface area contributed by atoms with Gasteiger partial charge in [0.25, 0.3) is 10.0 Å². The Kier molecular flexibility index (Phi) is 8.82. The number of aromatic nitrogens is 2. The van der Waals surface area contributed by atoms with E-state index in [4.69, 9.17) is 0 Å². The van der Waals surface area contributed by atoms with Crippen LogP contribution in [0.4, 0.5) is 19.0 Å². The number of alkyl halides is 3. The van der Waals surface area contributed by atoms with Crippen LogP contribution in [0.25, 0.3) is 5.65 Å². The van der Waals surface area contributed by atoms with E-state index in [2.05, 4.69) is 9.72 Å². The number of sulfonamides is 1. The van der Waals surface area contributed by atoms with Gasteiger partial charge in [-0.3, -0.25) is 0 Å². The molecule has 13 heteroatoms. The molecule has 0 aliphatic rings. The van der Waals surface area contributed by atoms with Crippen molar-refractivity contribution < 1.29 is 36.2 Å². The average Bonchev–Trinajstić information content (AvgIpc) is 3.22. The number of carboxylic acids is 1. The molecule has 0 fully saturated rings. The zero-order valence-electron chi connectivity index (χ0n) is 19.7. The topological polar surface area (TPSA) is 101 Å². The second-order valence-electron chi connectivity index (χ2n) is 8.44. The maximum atomic E-state index is 13.9. The Morgan fingerprint density at radius 3 is 2.24 bits per heavy atom. The van der Waals surface area contributed by atoms with Gasteiger partial charge in [0.15, 0.2) is 5.82 Å². The number of halogens is 3. The first-order chi connectivity index (χ1) is 17.4. The second kappa shape index (κ2) is 11.4. The van der Waals surface area contributed by atoms with E-state index < -0.39 is 28.1 Å². The third-order valence-corrected chi connectivity index (χ3v) is 7.25. The van der Waals surface area contributed by atoms with Gasteiger partial charge in [-0.25, -0.2) is 22.5 Å². The number of ether oxygens (including phenoxy) is 1. The number of fused-ring (bicyclic) bond motifs is 1. The number of carbonyl (C=O) groups is 1. The number of hydrogen-bond acceptors (Lipinski definition) is 5. The molecule has 0 unspecified atom stereocenters. The number of carboxylic acid groups (broad SMARTS) is 1. The second-order valence-corrected chi connectivity index (χ2v) is 10.3. The summed E-state index contributed by atoms with van der Waals surface area (Å²) in [6, 6.07) is 14.9. The van der Waals surface area contributed by atoms with Crippen LogP contribution in [0.3, 0.4) is 0 Å². The van der Waals surface area contributed by atoms with Crippen LogP contribution in [0.5, 0.6) is 5.75 Å². The Hall–Kier alpha value is -3.06. The van der Waals surface area contributed by atoms with E-state index in [1.165, 1.54) is 36.4 Å². The Morgan fingerprint density at radius 1 is 1.05 bits per heavy atom. The van der Waals surface area contributed by atoms with Crippen molar-refractivity contribution in [1.29, 1.82) is 0 Å². The maximum absolute atomic E-state index is 13.9. The van der Waals surface area contributed by atoms with Crippen molar-refractivity contribution in [2.24, 2.45) is 0 Å². The molecule has 8 nitrogen and oxygen atoms in total. The standard InChI is InChI=1S/C25H22F3N3O5S.Na.H/c1-16(2)22-23(29-21-5-3-4-14-30(21)22)31(15-17-6-10-19(11-7-17)36-25(26,27)28)37(34,35)20-12-8-18(9-13-20)24(32)33;;/h3-14,16H,15H2,1-2H3,(H,32,33);;. The molecule has 0 aliphatic carbocycles. The van der Waals surface area contributed by atoms with Crippen LogP contribution in [0.2, 0.25) is 0 Å². The molecule has 196 valence electrons. The molecule has 0 radical (unpaired) electrons. The fourth-order valence-corrected chi connectivity index (χ4v) is 5.27. The number of anilines is 1. The third kappa shape index (κ3) is 6.32. The Morgan fingerprint density at radius 2 is 1.68 bits per heavy atom. The Bertz CT molecular complexity index is 1540. The molecule has 4 aromatic rings. The third-order valence-electron chi connectivity index (χ3n) is 5.50. The molecule has 1 N–H and O–H groups in total. The van der Waals surface area contributed by atoms with Gasteiger partial charge in [0.2, 0.25) is 0 Å². The minimum absolute atomic E-state index is 0. The SMILES string of the molecule is CC(C)c1c(N(Cc2ccc(OC(F)(F)F)cc2)S(=O)(=O)c2ccc(C(=O)O)cc2)nc2ccccn12.[NaH]. The molecule has 0 bridgehead atoms. The van der Waals surface area contributed by atoms with Crippen molar-refractivity contribution in [2.75, 3.05) is 4.31 Å². The molecule has 0 saturated heterocycles. The van der Waals surface area contributed by atoms with Gasteiger partial charge in [-0.1, -0.05) is 32.0 Å². The first-order valence-corrected chi connectivity index (χ1v) is 12.5. The summed E-state index contributed by atoms with van der Waals surface area (Å²) in [5, 5.41) is 9.18. The molecule has 0 atom stereocenters. The van der Waals surface area contributed by atoms with Gasteiger partial charge in [0.1, 0.15) is 11.4 Å². The molecule has 2 heterocycles. The molecule has 4 rings (SSSR count). The molecular formula is C25H23F3N3NaO5S. The molecule has 2 aromatic heterocycles. The quantitative estimate of drug-likeness (QED) is 0.313. The molecule has 0 amide bonds. The van der Waals surface area contributed by atoms with Crippen molar-refractivity contribution in [1.82, 2.24) is 9.38 Å². The summed E-state index contributed by atoms with van der Waals surface area (Å²) in [4.78, 5) is 15.6. The molecule has 0 saturated carbocycles. The van der Waals surface area contributed by atoms with Gasteiger partial charge >= 0.3 is 41.9 Å². The van der Waals surface area contributed by atoms with E-state index in [0.29, 0.717) is 16.9 Å². The van der Waals surface area contributed by atoms with Crippen molar-refractivity contribution in [3.05, 3.63) is 89.7 Å². The predicted molar refractivity (Wildman–Crippen MR) is 136 cm³/mol. The van der Waals surface area contributed by atoms with Gasteiger partial charge in [-0.05, 0) is 60.0 Å². The van der Waals surface area contributed by atoms with Crippen molar-refractivity contribution in [3.63, 3.8) is 0 Å². The summed E-state index contributed by atoms with van der Waals surface area (Å²) < 4.78 is 72.2. The van der Waals surface area contributed by atoms with E-state index >= 15 is 0 Å². The summed E-state index contributed by atoms with van der Waals surface area (Å²) in [5.74, 6) is -1.64. The van der Waals surface area contributed by atoms with E-state index in [9.17, 15) is 31.5 Å². The van der Waals surface area contributed by atoms with Crippen molar-refractivity contribution >= 4 is 57.0 Å². The van der Waals surface area contributed by atoms with E-state index in [0.717, 1.165) is 16.4 Å². The summed E-state index contributed by atoms with van der Waals surface area (Å²) in [5.41, 5.74) is 1.42. The van der Waals surface area contributed by atoms with Crippen LogP contribution < -0.4 is 9.04 Å². The number of nitrogens with zero attached hydrogens (tertiary/aromatic N) is 3. The zero-order valence-corrected chi connectivity index (χ0v) is 20.5. The van der Waals surface area contributed by atoms with Gasteiger partial charge in [0.05, 0.1) is 22.7 Å². The molecule has 2 aromatic carbocycles. The number of rotatable bonds is 8. The van der Waals surface area contributed by atoms with E-state index in [-0.39, 0.29) is 58.3 Å².